The fourth-order valence-corrected chi connectivity index (χ4v) is 14.1. The molecule has 2 aliphatic carbocycles. The molecule has 60 heavy (non-hydrogen) atoms. The van der Waals surface area contributed by atoms with Gasteiger partial charge in [0.05, 0.1) is 5.54 Å². The van der Waals surface area contributed by atoms with Crippen molar-refractivity contribution in [3.05, 3.63) is 106 Å². The third-order valence-corrected chi connectivity index (χ3v) is 18.0. The van der Waals surface area contributed by atoms with Gasteiger partial charge in [0.15, 0.2) is 0 Å². The summed E-state index contributed by atoms with van der Waals surface area (Å²) in [5.74, 6) is 0. The third kappa shape index (κ3) is 4.95. The molecular weight excluding hydrogens is 744 g/mol. The standard InChI is InChI=1S/C56H65BN2S/c1-32-25-37-36-18-20-45-47(38-30-39-40(31-46(38)60-45)54(11,12)24-23-53(39,9)10)49(36)59(43-19-17-34(27-33(43)2)51(3,4)5)57-42-29-35(52(6,7)8)28-41-50(42)58(44(26-32)48(37)57)56(14)22-16-15-21-55(41,56)13/h17-20,25-31H,15-16,21-24H2,1-14H3. The highest BCUT2D eigenvalue weighted by Gasteiger charge is 2.62. The molecule has 1 aromatic heterocycles. The zero-order valence-electron chi connectivity index (χ0n) is 39.0. The Kier molecular flexibility index (Phi) is 7.72. The second kappa shape index (κ2) is 11.9. The molecule has 1 saturated carbocycles. The van der Waals surface area contributed by atoms with Crippen molar-refractivity contribution in [2.24, 2.45) is 0 Å². The third-order valence-electron chi connectivity index (χ3n) is 16.9. The van der Waals surface area contributed by atoms with Gasteiger partial charge in [-0.15, -0.1) is 11.3 Å². The zero-order chi connectivity index (χ0) is 42.4. The fraction of sp³-hybridized carbons (Fsp3) is 0.464. The zero-order valence-corrected chi connectivity index (χ0v) is 39.8. The van der Waals surface area contributed by atoms with Crippen molar-refractivity contribution in [1.82, 2.24) is 0 Å². The van der Waals surface area contributed by atoms with E-state index in [1.54, 1.807) is 16.7 Å². The average Bonchev–Trinajstić information content (AvgIpc) is 3.64. The Morgan fingerprint density at radius 2 is 1.28 bits per heavy atom. The van der Waals surface area contributed by atoms with Crippen LogP contribution in [0.5, 0.6) is 0 Å². The summed E-state index contributed by atoms with van der Waals surface area (Å²) >= 11 is 2.01. The topological polar surface area (TPSA) is 6.48 Å². The molecule has 0 N–H and O–H groups in total. The molecule has 0 spiro atoms. The summed E-state index contributed by atoms with van der Waals surface area (Å²) in [6.45, 7) is 34.2. The first-order valence-corrected chi connectivity index (χ1v) is 24.0. The van der Waals surface area contributed by atoms with Gasteiger partial charge in [-0.2, -0.15) is 0 Å². The molecule has 6 aromatic rings. The van der Waals surface area contributed by atoms with E-state index >= 15 is 0 Å². The molecule has 0 radical (unpaired) electrons. The Morgan fingerprint density at radius 3 is 1.97 bits per heavy atom. The summed E-state index contributed by atoms with van der Waals surface area (Å²) < 4.78 is 2.82. The summed E-state index contributed by atoms with van der Waals surface area (Å²) in [6, 6.07) is 28.1. The highest BCUT2D eigenvalue weighted by atomic mass is 32.1. The largest absolute Gasteiger partial charge is 0.376 e. The number of hydrogen-bond donors (Lipinski definition) is 0. The number of fused-ring (bicyclic) bond motifs is 12. The van der Waals surface area contributed by atoms with Crippen LogP contribution in [-0.2, 0) is 27.1 Å². The molecule has 11 rings (SSSR count). The van der Waals surface area contributed by atoms with E-state index in [0.717, 1.165) is 0 Å². The molecule has 0 saturated heterocycles. The number of benzene rings is 5. The van der Waals surface area contributed by atoms with Crippen molar-refractivity contribution in [1.29, 1.82) is 0 Å². The molecule has 2 nitrogen and oxygen atoms in total. The quantitative estimate of drug-likeness (QED) is 0.153. The van der Waals surface area contributed by atoms with Crippen molar-refractivity contribution in [2.45, 2.75) is 168 Å². The van der Waals surface area contributed by atoms with Crippen LogP contribution >= 0.6 is 11.3 Å². The molecule has 0 bridgehead atoms. The summed E-state index contributed by atoms with van der Waals surface area (Å²) in [5, 5.41) is 2.86. The minimum Gasteiger partial charge on any atom is -0.376 e. The Morgan fingerprint density at radius 1 is 0.600 bits per heavy atom. The van der Waals surface area contributed by atoms with Gasteiger partial charge in [-0.05, 0) is 154 Å². The molecule has 0 amide bonds. The van der Waals surface area contributed by atoms with Crippen LogP contribution in [0.2, 0.25) is 0 Å². The van der Waals surface area contributed by atoms with Crippen molar-refractivity contribution in [3.63, 3.8) is 0 Å². The van der Waals surface area contributed by atoms with Crippen LogP contribution in [0.25, 0.3) is 31.3 Å². The number of thiophene rings is 1. The normalized spacial score (nSPS) is 23.4. The number of rotatable bonds is 1. The van der Waals surface area contributed by atoms with Crippen molar-refractivity contribution < 1.29 is 0 Å². The van der Waals surface area contributed by atoms with E-state index in [4.69, 9.17) is 0 Å². The lowest BCUT2D eigenvalue weighted by atomic mass is 9.43. The van der Waals surface area contributed by atoms with Crippen LogP contribution in [0, 0.1) is 13.8 Å². The predicted octanol–water partition coefficient (Wildman–Crippen LogP) is 14.6. The number of nitrogens with zero attached hydrogens (tertiary/aromatic N) is 2. The van der Waals surface area contributed by atoms with E-state index in [0.29, 0.717) is 0 Å². The smallest absolute Gasteiger partial charge is 0.333 e. The molecule has 2 atom stereocenters. The van der Waals surface area contributed by atoms with Gasteiger partial charge in [-0.3, -0.25) is 0 Å². The van der Waals surface area contributed by atoms with Gasteiger partial charge in [0.25, 0.3) is 0 Å². The average molecular weight is 809 g/mol. The van der Waals surface area contributed by atoms with Gasteiger partial charge < -0.3 is 9.71 Å². The van der Waals surface area contributed by atoms with Crippen molar-refractivity contribution in [2.75, 3.05) is 9.71 Å². The molecule has 4 heterocycles. The maximum Gasteiger partial charge on any atom is 0.333 e. The Bertz CT molecular complexity index is 2880. The van der Waals surface area contributed by atoms with Gasteiger partial charge in [-0.1, -0.05) is 125 Å². The van der Waals surface area contributed by atoms with Gasteiger partial charge in [-0.25, -0.2) is 0 Å². The second-order valence-electron chi connectivity index (χ2n) is 23.7. The molecular formula is C56H65BN2S. The lowest BCUT2D eigenvalue weighted by Gasteiger charge is -2.53. The van der Waals surface area contributed by atoms with E-state index in [9.17, 15) is 0 Å². The molecule has 2 unspecified atom stereocenters. The van der Waals surface area contributed by atoms with Gasteiger partial charge in [0.1, 0.15) is 0 Å². The van der Waals surface area contributed by atoms with E-state index in [-0.39, 0.29) is 39.5 Å². The van der Waals surface area contributed by atoms with Crippen LogP contribution in [0.1, 0.15) is 161 Å². The molecule has 3 aliphatic heterocycles. The number of aryl methyl sites for hydroxylation is 2. The summed E-state index contributed by atoms with van der Waals surface area (Å²) in [5.41, 5.74) is 22.1. The number of hydrogen-bond acceptors (Lipinski definition) is 3. The van der Waals surface area contributed by atoms with E-state index in [2.05, 4.69) is 173 Å². The Labute approximate surface area is 364 Å². The molecule has 1 fully saturated rings. The van der Waals surface area contributed by atoms with E-state index < -0.39 is 0 Å². The maximum absolute atomic E-state index is 2.90. The monoisotopic (exact) mass is 808 g/mol. The van der Waals surface area contributed by atoms with Crippen molar-refractivity contribution in [3.8, 4) is 11.1 Å². The first kappa shape index (κ1) is 38.9. The predicted molar refractivity (Wildman–Crippen MR) is 263 cm³/mol. The minimum absolute atomic E-state index is 0.00601. The number of anilines is 4. The summed E-state index contributed by atoms with van der Waals surface area (Å²) in [7, 11) is 0. The van der Waals surface area contributed by atoms with E-state index in [1.807, 2.05) is 11.3 Å². The fourth-order valence-electron chi connectivity index (χ4n) is 12.9. The molecule has 308 valence electrons. The van der Waals surface area contributed by atoms with Crippen LogP contribution in [0.4, 0.5) is 22.7 Å². The van der Waals surface area contributed by atoms with Crippen LogP contribution in [0.3, 0.4) is 0 Å². The first-order chi connectivity index (χ1) is 28.0. The highest BCUT2D eigenvalue weighted by molar-refractivity contribution is 7.26. The SMILES string of the molecule is Cc1cc2c3c(c1)N1c4c(cc(C(C)(C)C)cc4C4(C)CCCCC14C)B3N(c1ccc(C(C)(C)C)cc1C)c1c-2ccc2sc3cc4c(cc3c12)C(C)(C)CCC4(C)C. The summed E-state index contributed by atoms with van der Waals surface area (Å²) in [6.07, 6.45) is 7.46. The van der Waals surface area contributed by atoms with Crippen LogP contribution in [0.15, 0.2) is 66.7 Å². The Balaban J connectivity index is 1.32. The van der Waals surface area contributed by atoms with Gasteiger partial charge >= 0.3 is 6.85 Å². The first-order valence-electron chi connectivity index (χ1n) is 23.1. The molecule has 5 aromatic carbocycles. The van der Waals surface area contributed by atoms with Crippen LogP contribution in [-0.4, -0.2) is 12.4 Å². The molecule has 5 aliphatic rings. The minimum atomic E-state index is -0.00601. The van der Waals surface area contributed by atoms with Gasteiger partial charge in [0.2, 0.25) is 0 Å². The van der Waals surface area contributed by atoms with Crippen LogP contribution < -0.4 is 20.6 Å². The second-order valence-corrected chi connectivity index (χ2v) is 24.8. The van der Waals surface area contributed by atoms with Crippen molar-refractivity contribution >= 4 is 72.0 Å². The summed E-state index contributed by atoms with van der Waals surface area (Å²) in [4.78, 5) is 5.77. The Hall–Kier alpha value is -4.02. The lowest BCUT2D eigenvalue weighted by Crippen LogP contribution is -2.65. The molecule has 4 heteroatoms. The van der Waals surface area contributed by atoms with E-state index in [1.165, 1.54) is 126 Å². The lowest BCUT2D eigenvalue weighted by molar-refractivity contribution is 0.195. The maximum atomic E-state index is 2.90. The highest BCUT2D eigenvalue weighted by Crippen LogP contribution is 2.63. The van der Waals surface area contributed by atoms with Gasteiger partial charge in [0, 0.05) is 53.9 Å².